The lowest BCUT2D eigenvalue weighted by atomic mass is 10.1. The van der Waals surface area contributed by atoms with Crippen LogP contribution in [0.3, 0.4) is 0 Å². The summed E-state index contributed by atoms with van der Waals surface area (Å²) in [6.45, 7) is 1.73. The van der Waals surface area contributed by atoms with Gasteiger partial charge in [-0.15, -0.1) is 29.9 Å². The fourth-order valence-electron chi connectivity index (χ4n) is 1.95. The van der Waals surface area contributed by atoms with Gasteiger partial charge < -0.3 is 16.8 Å². The number of rotatable bonds is 5. The summed E-state index contributed by atoms with van der Waals surface area (Å²) in [5.41, 5.74) is 12.5. The first kappa shape index (κ1) is 23.8. The van der Waals surface area contributed by atoms with Crippen LogP contribution in [0, 0.1) is 10.1 Å². The fourth-order valence-corrected chi connectivity index (χ4v) is 1.95. The molecule has 0 spiro atoms. The van der Waals surface area contributed by atoms with Crippen molar-refractivity contribution in [3.63, 3.8) is 0 Å². The number of hydrogen-bond acceptors (Lipinski definition) is 5. The Morgan fingerprint density at radius 1 is 1.04 bits per heavy atom. The summed E-state index contributed by atoms with van der Waals surface area (Å²) in [6.07, 6.45) is 0. The Hall–Kier alpha value is -3.17. The predicted octanol–water partition coefficient (Wildman–Crippen LogP) is 2.69. The number of nitrogens with zero attached hydrogens (tertiary/aromatic N) is 3. The van der Waals surface area contributed by atoms with E-state index < -0.39 is 4.92 Å². The highest BCUT2D eigenvalue weighted by molar-refractivity contribution is 6.05. The molecule has 0 aliphatic carbocycles. The van der Waals surface area contributed by atoms with Gasteiger partial charge in [-0.25, -0.2) is 0 Å². The number of nitrogens with one attached hydrogen (secondary N) is 1. The van der Waals surface area contributed by atoms with Crippen LogP contribution < -0.4 is 16.8 Å². The number of guanidine groups is 1. The quantitative estimate of drug-likeness (QED) is 0.298. The van der Waals surface area contributed by atoms with Crippen molar-refractivity contribution in [1.82, 2.24) is 0 Å². The first-order valence-corrected chi connectivity index (χ1v) is 7.16. The Labute approximate surface area is 167 Å². The number of halogens is 2. The zero-order chi connectivity index (χ0) is 18.4. The van der Waals surface area contributed by atoms with Gasteiger partial charge in [0.2, 0.25) is 5.96 Å². The van der Waals surface area contributed by atoms with E-state index in [0.717, 1.165) is 5.56 Å². The third-order valence-corrected chi connectivity index (χ3v) is 3.19. The molecule has 0 bridgehead atoms. The average molecular weight is 413 g/mol. The van der Waals surface area contributed by atoms with Crippen molar-refractivity contribution in [3.05, 3.63) is 69.8 Å². The number of anilines is 1. The molecule has 0 aliphatic heterocycles. The van der Waals surface area contributed by atoms with Gasteiger partial charge in [-0.3, -0.25) is 14.9 Å². The number of nitro benzene ring substituents is 1. The Kier molecular flexibility index (Phi) is 9.48. The first-order valence-electron chi connectivity index (χ1n) is 7.16. The van der Waals surface area contributed by atoms with Crippen molar-refractivity contribution in [3.8, 4) is 0 Å². The van der Waals surface area contributed by atoms with Gasteiger partial charge in [0.15, 0.2) is 0 Å². The number of amides is 1. The van der Waals surface area contributed by atoms with Crippen LogP contribution in [-0.2, 0) is 0 Å². The van der Waals surface area contributed by atoms with E-state index in [-0.39, 0.29) is 42.4 Å². The molecule has 0 unspecified atom stereocenters. The molecule has 2 aromatic carbocycles. The molecule has 0 atom stereocenters. The summed E-state index contributed by atoms with van der Waals surface area (Å²) < 4.78 is 0. The van der Waals surface area contributed by atoms with Crippen molar-refractivity contribution in [2.75, 3.05) is 5.32 Å². The number of non-ortho nitro benzene ring substituents is 1. The van der Waals surface area contributed by atoms with Crippen LogP contribution in [0.15, 0.2) is 58.7 Å². The van der Waals surface area contributed by atoms with Gasteiger partial charge in [0.1, 0.15) is 0 Å². The zero-order valence-electron chi connectivity index (χ0n) is 14.2. The second-order valence-electron chi connectivity index (χ2n) is 5.05. The Morgan fingerprint density at radius 2 is 1.67 bits per heavy atom. The molecular weight excluding hydrogens is 395 g/mol. The summed E-state index contributed by atoms with van der Waals surface area (Å²) in [5, 5.41) is 20.8. The molecule has 11 heteroatoms. The van der Waals surface area contributed by atoms with E-state index in [4.69, 9.17) is 11.5 Å². The third-order valence-electron chi connectivity index (χ3n) is 3.19. The Bertz CT molecular complexity index is 865. The van der Waals surface area contributed by atoms with E-state index in [0.29, 0.717) is 17.0 Å². The molecule has 0 radical (unpaired) electrons. The number of carbonyl (C=O) groups is 1. The maximum atomic E-state index is 12.2. The maximum absolute atomic E-state index is 12.2. The van der Waals surface area contributed by atoms with Crippen molar-refractivity contribution < 1.29 is 9.72 Å². The van der Waals surface area contributed by atoms with Gasteiger partial charge in [-0.2, -0.15) is 5.10 Å². The van der Waals surface area contributed by atoms with E-state index in [9.17, 15) is 14.9 Å². The molecule has 2 aromatic rings. The van der Waals surface area contributed by atoms with Crippen LogP contribution in [0.2, 0.25) is 0 Å². The minimum Gasteiger partial charge on any atom is -0.369 e. The third kappa shape index (κ3) is 6.92. The van der Waals surface area contributed by atoms with Gasteiger partial charge in [0.05, 0.1) is 10.6 Å². The SMILES string of the molecule is CC(=NN=C(N)N)c1cccc(NC(=O)c2ccc([N+](=O)[O-])cc2)c1.Cl.Cl. The molecule has 1 amide bonds. The number of nitrogens with two attached hydrogens (primary N) is 2. The van der Waals surface area contributed by atoms with Gasteiger partial charge in [0.25, 0.3) is 11.6 Å². The largest absolute Gasteiger partial charge is 0.369 e. The smallest absolute Gasteiger partial charge is 0.269 e. The summed E-state index contributed by atoms with van der Waals surface area (Å²) in [7, 11) is 0. The van der Waals surface area contributed by atoms with E-state index in [1.54, 1.807) is 31.2 Å². The highest BCUT2D eigenvalue weighted by Gasteiger charge is 2.10. The van der Waals surface area contributed by atoms with Crippen molar-refractivity contribution in [2.45, 2.75) is 6.92 Å². The normalized spacial score (nSPS) is 10.0. The molecular formula is C16H18Cl2N6O3. The van der Waals surface area contributed by atoms with Crippen molar-refractivity contribution in [1.29, 1.82) is 0 Å². The van der Waals surface area contributed by atoms with Crippen molar-refractivity contribution in [2.24, 2.45) is 21.7 Å². The van der Waals surface area contributed by atoms with Gasteiger partial charge in [-0.05, 0) is 36.8 Å². The molecule has 0 fully saturated rings. The minimum atomic E-state index is -0.524. The lowest BCUT2D eigenvalue weighted by molar-refractivity contribution is -0.384. The van der Waals surface area contributed by atoms with Crippen LogP contribution in [-0.4, -0.2) is 22.5 Å². The number of benzene rings is 2. The zero-order valence-corrected chi connectivity index (χ0v) is 15.8. The molecule has 0 saturated heterocycles. The molecule has 0 aliphatic rings. The van der Waals surface area contributed by atoms with Gasteiger partial charge >= 0.3 is 0 Å². The second-order valence-corrected chi connectivity index (χ2v) is 5.05. The van der Waals surface area contributed by atoms with Crippen molar-refractivity contribution >= 4 is 53.8 Å². The lowest BCUT2D eigenvalue weighted by Gasteiger charge is -2.07. The standard InChI is InChI=1S/C16H16N6O3.2ClH/c1-10(20-21-16(17)18)12-3-2-4-13(9-12)19-15(23)11-5-7-14(8-6-11)22(24)25;;/h2-9H,1H3,(H,19,23)(H4,17,18,21);2*1H. The van der Waals surface area contributed by atoms with Crippen LogP contribution in [0.4, 0.5) is 11.4 Å². The highest BCUT2D eigenvalue weighted by Crippen LogP contribution is 2.16. The highest BCUT2D eigenvalue weighted by atomic mass is 35.5. The summed E-state index contributed by atoms with van der Waals surface area (Å²) in [5.74, 6) is -0.534. The van der Waals surface area contributed by atoms with Crippen LogP contribution in [0.1, 0.15) is 22.8 Å². The molecule has 2 rings (SSSR count). The predicted molar refractivity (Wildman–Crippen MR) is 110 cm³/mol. The monoisotopic (exact) mass is 412 g/mol. The molecule has 27 heavy (non-hydrogen) atoms. The van der Waals surface area contributed by atoms with E-state index >= 15 is 0 Å². The number of carbonyl (C=O) groups excluding carboxylic acids is 1. The van der Waals surface area contributed by atoms with Crippen LogP contribution in [0.25, 0.3) is 0 Å². The molecule has 0 saturated carbocycles. The summed E-state index contributed by atoms with van der Waals surface area (Å²) >= 11 is 0. The summed E-state index contributed by atoms with van der Waals surface area (Å²) in [6, 6.07) is 12.3. The first-order chi connectivity index (χ1) is 11.9. The number of nitro groups is 1. The van der Waals surface area contributed by atoms with Gasteiger partial charge in [-0.1, -0.05) is 12.1 Å². The Balaban J connectivity index is 0.00000338. The van der Waals surface area contributed by atoms with Crippen LogP contribution in [0.5, 0.6) is 0 Å². The Morgan fingerprint density at radius 3 is 2.22 bits per heavy atom. The molecule has 0 heterocycles. The van der Waals surface area contributed by atoms with Gasteiger partial charge in [0, 0.05) is 23.4 Å². The maximum Gasteiger partial charge on any atom is 0.269 e. The molecule has 9 nitrogen and oxygen atoms in total. The molecule has 144 valence electrons. The van der Waals surface area contributed by atoms with Crippen LogP contribution >= 0.6 is 24.8 Å². The second kappa shape index (κ2) is 10.7. The fraction of sp³-hybridized carbons (Fsp3) is 0.0625. The molecule has 5 N–H and O–H groups in total. The lowest BCUT2D eigenvalue weighted by Crippen LogP contribution is -2.22. The average Bonchev–Trinajstić information content (AvgIpc) is 2.59. The molecule has 0 aromatic heterocycles. The van der Waals surface area contributed by atoms with E-state index in [1.165, 1.54) is 24.3 Å². The van der Waals surface area contributed by atoms with E-state index in [2.05, 4.69) is 15.5 Å². The topological polar surface area (TPSA) is 149 Å². The minimum absolute atomic E-state index is 0. The number of hydrogen-bond donors (Lipinski definition) is 3. The van der Waals surface area contributed by atoms with E-state index in [1.807, 2.05) is 0 Å². The summed E-state index contributed by atoms with van der Waals surface area (Å²) in [4.78, 5) is 22.3.